The van der Waals surface area contributed by atoms with Crippen molar-refractivity contribution in [1.29, 1.82) is 0 Å². The molecule has 48 heavy (non-hydrogen) atoms. The fourth-order valence-corrected chi connectivity index (χ4v) is 5.80. The molecule has 6 rings (SSSR count). The average molecular weight is 681 g/mol. The number of benzene rings is 1. The third-order valence-corrected chi connectivity index (χ3v) is 8.29. The van der Waals surface area contributed by atoms with Gasteiger partial charge in [0, 0.05) is 42.1 Å². The fraction of sp³-hybridized carbons (Fsp3) is 0.387. The summed E-state index contributed by atoms with van der Waals surface area (Å²) in [4.78, 5) is 32.7. The van der Waals surface area contributed by atoms with Gasteiger partial charge in [-0.05, 0) is 64.1 Å². The van der Waals surface area contributed by atoms with Crippen LogP contribution in [-0.2, 0) is 11.3 Å². The number of aromatic nitrogens is 8. The van der Waals surface area contributed by atoms with Crippen molar-refractivity contribution in [2.45, 2.75) is 63.3 Å². The highest BCUT2D eigenvalue weighted by molar-refractivity contribution is 7.98. The first-order valence-corrected chi connectivity index (χ1v) is 16.4. The van der Waals surface area contributed by atoms with Gasteiger partial charge >= 0.3 is 12.7 Å². The molecule has 1 fully saturated rings. The highest BCUT2D eigenvalue weighted by Gasteiger charge is 2.28. The van der Waals surface area contributed by atoms with Gasteiger partial charge in [0.1, 0.15) is 28.3 Å². The Kier molecular flexibility index (Phi) is 9.30. The van der Waals surface area contributed by atoms with Crippen molar-refractivity contribution < 1.29 is 27.8 Å². The largest absolute Gasteiger partial charge is 0.444 e. The number of amides is 2. The van der Waals surface area contributed by atoms with E-state index in [1.165, 1.54) is 28.5 Å². The number of likely N-dealkylation sites (tertiary alicyclic amines) is 1. The lowest BCUT2D eigenvalue weighted by Crippen LogP contribution is -2.42. The van der Waals surface area contributed by atoms with Gasteiger partial charge in [-0.25, -0.2) is 19.0 Å². The topological polar surface area (TPSA) is 147 Å². The Morgan fingerprint density at radius 2 is 1.96 bits per heavy atom. The van der Waals surface area contributed by atoms with E-state index in [0.29, 0.717) is 37.3 Å². The van der Waals surface area contributed by atoms with E-state index >= 15 is 0 Å². The van der Waals surface area contributed by atoms with Gasteiger partial charge in [-0.15, -0.1) is 16.9 Å². The zero-order chi connectivity index (χ0) is 34.0. The zero-order valence-electron chi connectivity index (χ0n) is 26.7. The third kappa shape index (κ3) is 7.40. The number of nitrogens with one attached hydrogen (secondary N) is 1. The summed E-state index contributed by atoms with van der Waals surface area (Å²) in [5.74, 6) is -0.601. The number of thioether (sulfide) groups is 1. The van der Waals surface area contributed by atoms with Crippen LogP contribution in [0.15, 0.2) is 60.1 Å². The first-order valence-electron chi connectivity index (χ1n) is 15.2. The van der Waals surface area contributed by atoms with Gasteiger partial charge in [0.25, 0.3) is 5.91 Å². The first-order chi connectivity index (χ1) is 23.0. The molecule has 1 aliphatic heterocycles. The molecule has 0 bridgehead atoms. The Labute approximate surface area is 278 Å². The Morgan fingerprint density at radius 3 is 2.69 bits per heavy atom. The van der Waals surface area contributed by atoms with E-state index in [2.05, 4.69) is 25.7 Å². The van der Waals surface area contributed by atoms with Gasteiger partial charge < -0.3 is 19.7 Å². The molecule has 0 radical (unpaired) electrons. The zero-order valence-corrected chi connectivity index (χ0v) is 27.5. The number of fused-ring (bicyclic) bond motifs is 1. The summed E-state index contributed by atoms with van der Waals surface area (Å²) in [6, 6.07) is 6.53. The molecule has 0 atom stereocenters. The Morgan fingerprint density at radius 1 is 1.17 bits per heavy atom. The first kappa shape index (κ1) is 32.9. The lowest BCUT2D eigenvalue weighted by Gasteiger charge is -2.33. The maximum atomic E-state index is 13.5. The van der Waals surface area contributed by atoms with Crippen LogP contribution in [0.1, 0.15) is 55.7 Å². The number of piperidine rings is 1. The average Bonchev–Trinajstić information content (AvgIpc) is 3.79. The van der Waals surface area contributed by atoms with Crippen LogP contribution < -0.4 is 10.1 Å². The van der Waals surface area contributed by atoms with Gasteiger partial charge in [-0.2, -0.15) is 19.0 Å². The van der Waals surface area contributed by atoms with Crippen LogP contribution in [-0.4, -0.2) is 87.8 Å². The van der Waals surface area contributed by atoms with Crippen molar-refractivity contribution in [2.75, 3.05) is 24.7 Å². The van der Waals surface area contributed by atoms with E-state index in [1.54, 1.807) is 51.1 Å². The van der Waals surface area contributed by atoms with Crippen molar-refractivity contribution in [2.24, 2.45) is 0 Å². The number of alkyl halides is 2. The molecule has 14 nitrogen and oxygen atoms in total. The van der Waals surface area contributed by atoms with Crippen molar-refractivity contribution in [3.63, 3.8) is 0 Å². The standard InChI is InChI=1S/C31H34F2N10O4S/c1-31(2,3)47-30(45)40-12-8-20(9-13-40)43-17-19(37-39-43)16-41-18-24(36-28(44)23-15-35-42-11-5-10-34-27(23)42)26(38-41)22-14-21(48-4)6-7-25(22)46-29(32)33/h5-7,10-11,14-15,17-18,20,29H,8-9,12-13,16H2,1-4H3,(H,36,44). The molecular formula is C31H34F2N10O4S. The summed E-state index contributed by atoms with van der Waals surface area (Å²) in [6.07, 6.45) is 10.9. The van der Waals surface area contributed by atoms with Crippen LogP contribution in [0.25, 0.3) is 16.9 Å². The summed E-state index contributed by atoms with van der Waals surface area (Å²) in [7, 11) is 0. The van der Waals surface area contributed by atoms with E-state index in [9.17, 15) is 18.4 Å². The summed E-state index contributed by atoms with van der Waals surface area (Å²) < 4.78 is 42.0. The minimum Gasteiger partial charge on any atom is -0.444 e. The number of halogens is 2. The van der Waals surface area contributed by atoms with Gasteiger partial charge in [-0.3, -0.25) is 9.48 Å². The van der Waals surface area contributed by atoms with E-state index < -0.39 is 18.1 Å². The molecule has 0 saturated carbocycles. The number of nitrogens with zero attached hydrogens (tertiary/aromatic N) is 9. The van der Waals surface area contributed by atoms with Crippen LogP contribution in [0.3, 0.4) is 0 Å². The number of carbonyl (C=O) groups excluding carboxylic acids is 2. The lowest BCUT2D eigenvalue weighted by molar-refractivity contribution is -0.0495. The number of hydrogen-bond acceptors (Lipinski definition) is 10. The van der Waals surface area contributed by atoms with Crippen LogP contribution in [0.2, 0.25) is 0 Å². The molecule has 5 aromatic rings. The molecule has 0 unspecified atom stereocenters. The fourth-order valence-electron chi connectivity index (χ4n) is 5.36. The lowest BCUT2D eigenvalue weighted by atomic mass is 10.1. The van der Waals surface area contributed by atoms with Crippen LogP contribution in [0.4, 0.5) is 19.3 Å². The predicted molar refractivity (Wildman–Crippen MR) is 172 cm³/mol. The molecule has 1 aliphatic rings. The number of ether oxygens (including phenoxy) is 2. The molecule has 1 N–H and O–H groups in total. The molecule has 2 amide bonds. The predicted octanol–water partition coefficient (Wildman–Crippen LogP) is 5.38. The number of carbonyl (C=O) groups is 2. The minimum absolute atomic E-state index is 0.0377. The second kappa shape index (κ2) is 13.6. The summed E-state index contributed by atoms with van der Waals surface area (Å²) in [6.45, 7) is 3.67. The Balaban J connectivity index is 1.25. The Hall–Kier alpha value is -5.06. The number of rotatable bonds is 9. The van der Waals surface area contributed by atoms with Crippen LogP contribution in [0, 0.1) is 0 Å². The third-order valence-electron chi connectivity index (χ3n) is 7.56. The summed E-state index contributed by atoms with van der Waals surface area (Å²) in [5.41, 5.74) is 1.35. The maximum absolute atomic E-state index is 13.5. The maximum Gasteiger partial charge on any atom is 0.410 e. The van der Waals surface area contributed by atoms with Gasteiger partial charge in [0.2, 0.25) is 0 Å². The van der Waals surface area contributed by atoms with E-state index in [0.717, 1.165) is 4.90 Å². The highest BCUT2D eigenvalue weighted by Crippen LogP contribution is 2.38. The SMILES string of the molecule is CSc1ccc(OC(F)F)c(-c2nn(Cc3cn(C4CCN(C(=O)OC(C)(C)C)CC4)nn3)cc2NC(=O)c2cnn3cccnc23)c1. The molecule has 1 saturated heterocycles. The number of anilines is 1. The van der Waals surface area contributed by atoms with Crippen molar-refractivity contribution in [3.05, 3.63) is 66.5 Å². The molecule has 5 heterocycles. The molecular weight excluding hydrogens is 646 g/mol. The summed E-state index contributed by atoms with van der Waals surface area (Å²) in [5, 5.41) is 20.4. The van der Waals surface area contributed by atoms with E-state index in [-0.39, 0.29) is 46.9 Å². The minimum atomic E-state index is -3.07. The van der Waals surface area contributed by atoms with Crippen LogP contribution in [0.5, 0.6) is 5.75 Å². The van der Waals surface area contributed by atoms with Crippen molar-refractivity contribution in [3.8, 4) is 17.0 Å². The highest BCUT2D eigenvalue weighted by atomic mass is 32.2. The monoisotopic (exact) mass is 680 g/mol. The molecule has 0 spiro atoms. The molecule has 252 valence electrons. The van der Waals surface area contributed by atoms with E-state index in [1.807, 2.05) is 33.2 Å². The van der Waals surface area contributed by atoms with Gasteiger partial charge in [-0.1, -0.05) is 5.21 Å². The summed E-state index contributed by atoms with van der Waals surface area (Å²) >= 11 is 1.42. The smallest absolute Gasteiger partial charge is 0.410 e. The quantitative estimate of drug-likeness (QED) is 0.201. The molecule has 0 aliphatic carbocycles. The van der Waals surface area contributed by atoms with Crippen LogP contribution >= 0.6 is 11.8 Å². The van der Waals surface area contributed by atoms with Gasteiger partial charge in [0.15, 0.2) is 5.65 Å². The second-order valence-electron chi connectivity index (χ2n) is 12.1. The molecule has 17 heteroatoms. The van der Waals surface area contributed by atoms with Gasteiger partial charge in [0.05, 0.1) is 30.7 Å². The Bertz CT molecular complexity index is 1930. The van der Waals surface area contributed by atoms with Crippen molar-refractivity contribution in [1.82, 2.24) is 44.3 Å². The molecule has 4 aromatic heterocycles. The normalized spacial score (nSPS) is 14.1. The second-order valence-corrected chi connectivity index (χ2v) is 13.0. The van der Waals surface area contributed by atoms with E-state index in [4.69, 9.17) is 14.6 Å². The molecule has 1 aromatic carbocycles. The van der Waals surface area contributed by atoms with Crippen molar-refractivity contribution >= 4 is 35.1 Å². The number of hydrogen-bond donors (Lipinski definition) is 1.